The zero-order chi connectivity index (χ0) is 20.4. The number of aromatic amines is 1. The molecule has 0 bridgehead atoms. The second-order valence-electron chi connectivity index (χ2n) is 6.12. The first-order valence-electron chi connectivity index (χ1n) is 8.48. The minimum absolute atomic E-state index is 0.0595. The van der Waals surface area contributed by atoms with Crippen LogP contribution in [0.1, 0.15) is 40.6 Å². The lowest BCUT2D eigenvalue weighted by Crippen LogP contribution is -2.22. The SMILES string of the molecule is CCOC(=O)c1[nH]c2cc(Cl)cc(Cl)c2c1C(O)C(C(=O)O)c1ccccc1. The van der Waals surface area contributed by atoms with Crippen LogP contribution < -0.4 is 0 Å². The van der Waals surface area contributed by atoms with E-state index in [1.165, 1.54) is 6.07 Å². The minimum Gasteiger partial charge on any atom is -0.481 e. The first kappa shape index (κ1) is 20.2. The first-order chi connectivity index (χ1) is 13.3. The number of fused-ring (bicyclic) bond motifs is 1. The van der Waals surface area contributed by atoms with Gasteiger partial charge in [0, 0.05) is 21.5 Å². The lowest BCUT2D eigenvalue weighted by molar-refractivity contribution is -0.141. The molecule has 3 N–H and O–H groups in total. The Morgan fingerprint density at radius 2 is 1.86 bits per heavy atom. The molecule has 0 aliphatic heterocycles. The van der Waals surface area contributed by atoms with Crippen LogP contribution in [0.25, 0.3) is 10.9 Å². The minimum atomic E-state index is -1.56. The van der Waals surface area contributed by atoms with Crippen molar-refractivity contribution in [3.63, 3.8) is 0 Å². The Morgan fingerprint density at radius 1 is 1.18 bits per heavy atom. The molecule has 6 nitrogen and oxygen atoms in total. The molecule has 2 atom stereocenters. The largest absolute Gasteiger partial charge is 0.481 e. The van der Waals surface area contributed by atoms with Gasteiger partial charge in [-0.3, -0.25) is 4.79 Å². The molecule has 8 heteroatoms. The third kappa shape index (κ3) is 3.71. The van der Waals surface area contributed by atoms with E-state index in [2.05, 4.69) is 4.98 Å². The van der Waals surface area contributed by atoms with E-state index >= 15 is 0 Å². The lowest BCUT2D eigenvalue weighted by atomic mass is 9.88. The number of H-pyrrole nitrogens is 1. The van der Waals surface area contributed by atoms with Crippen LogP contribution in [0.15, 0.2) is 42.5 Å². The molecule has 0 fully saturated rings. The van der Waals surface area contributed by atoms with Gasteiger partial charge in [-0.05, 0) is 24.6 Å². The van der Waals surface area contributed by atoms with Crippen molar-refractivity contribution in [2.24, 2.45) is 0 Å². The van der Waals surface area contributed by atoms with E-state index in [0.29, 0.717) is 21.5 Å². The molecule has 0 radical (unpaired) electrons. The summed E-state index contributed by atoms with van der Waals surface area (Å²) in [6, 6.07) is 11.3. The van der Waals surface area contributed by atoms with E-state index in [-0.39, 0.29) is 22.9 Å². The standard InChI is InChI=1S/C20H17Cl2NO5/c1-2-28-20(27)17-16(15-12(22)8-11(21)9-13(15)23-17)18(24)14(19(25)26)10-6-4-3-5-7-10/h3-9,14,18,23-24H,2H2,1H3,(H,25,26). The van der Waals surface area contributed by atoms with Crippen molar-refractivity contribution in [3.05, 3.63) is 69.3 Å². The quantitative estimate of drug-likeness (QED) is 0.506. The molecule has 0 aliphatic rings. The molecule has 0 saturated heterocycles. The summed E-state index contributed by atoms with van der Waals surface area (Å²) in [5.41, 5.74) is 0.783. The van der Waals surface area contributed by atoms with Crippen LogP contribution in [0.3, 0.4) is 0 Å². The summed E-state index contributed by atoms with van der Waals surface area (Å²) in [6.07, 6.45) is -1.56. The van der Waals surface area contributed by atoms with E-state index in [4.69, 9.17) is 27.9 Å². The van der Waals surface area contributed by atoms with Crippen molar-refractivity contribution < 1.29 is 24.5 Å². The molecule has 3 aromatic rings. The van der Waals surface area contributed by atoms with Crippen molar-refractivity contribution >= 4 is 46.0 Å². The Morgan fingerprint density at radius 3 is 2.46 bits per heavy atom. The number of rotatable bonds is 6. The molecule has 2 aromatic carbocycles. The summed E-state index contributed by atoms with van der Waals surface area (Å²) in [7, 11) is 0. The monoisotopic (exact) mass is 421 g/mol. The van der Waals surface area contributed by atoms with E-state index < -0.39 is 24.0 Å². The number of hydrogen-bond donors (Lipinski definition) is 3. The van der Waals surface area contributed by atoms with Crippen LogP contribution in [0.5, 0.6) is 0 Å². The Hall–Kier alpha value is -2.54. The van der Waals surface area contributed by atoms with Gasteiger partial charge in [0.1, 0.15) is 11.6 Å². The average Bonchev–Trinajstić information content (AvgIpc) is 3.02. The number of carboxylic acids is 1. The second kappa shape index (κ2) is 8.22. The Kier molecular flexibility index (Phi) is 5.93. The van der Waals surface area contributed by atoms with Gasteiger partial charge in [-0.2, -0.15) is 0 Å². The summed E-state index contributed by atoms with van der Waals surface area (Å²) in [5, 5.41) is 21.7. The molecule has 0 aliphatic carbocycles. The number of aliphatic hydroxyl groups excluding tert-OH is 1. The smallest absolute Gasteiger partial charge is 0.355 e. The maximum Gasteiger partial charge on any atom is 0.355 e. The zero-order valence-electron chi connectivity index (χ0n) is 14.8. The first-order valence-corrected chi connectivity index (χ1v) is 9.24. The molecule has 0 amide bonds. The topological polar surface area (TPSA) is 99.6 Å². The van der Waals surface area contributed by atoms with Crippen LogP contribution in [0.2, 0.25) is 10.0 Å². The Balaban J connectivity index is 2.25. The van der Waals surface area contributed by atoms with Gasteiger partial charge in [-0.25, -0.2) is 4.79 Å². The molecular formula is C20H17Cl2NO5. The van der Waals surface area contributed by atoms with Crippen molar-refractivity contribution in [3.8, 4) is 0 Å². The molecule has 28 heavy (non-hydrogen) atoms. The Labute approximate surface area is 170 Å². The molecule has 2 unspecified atom stereocenters. The summed E-state index contributed by atoms with van der Waals surface area (Å²) >= 11 is 12.4. The summed E-state index contributed by atoms with van der Waals surface area (Å²) in [6.45, 7) is 1.75. The normalized spacial score (nSPS) is 13.3. The highest BCUT2D eigenvalue weighted by molar-refractivity contribution is 6.39. The van der Waals surface area contributed by atoms with Crippen molar-refractivity contribution in [2.75, 3.05) is 6.61 Å². The second-order valence-corrected chi connectivity index (χ2v) is 6.96. The number of carbonyl (C=O) groups is 2. The number of benzene rings is 2. The number of esters is 1. The van der Waals surface area contributed by atoms with Gasteiger partial charge >= 0.3 is 11.9 Å². The van der Waals surface area contributed by atoms with Gasteiger partial charge in [-0.15, -0.1) is 0 Å². The fourth-order valence-electron chi connectivity index (χ4n) is 3.22. The highest BCUT2D eigenvalue weighted by Gasteiger charge is 2.35. The number of halogens is 2. The van der Waals surface area contributed by atoms with Gasteiger partial charge in [0.05, 0.1) is 17.7 Å². The Bertz CT molecular complexity index is 1030. The summed E-state index contributed by atoms with van der Waals surface area (Å²) in [4.78, 5) is 27.3. The number of carboxylic acid groups (broad SMARTS) is 1. The van der Waals surface area contributed by atoms with Crippen molar-refractivity contribution in [2.45, 2.75) is 18.9 Å². The predicted molar refractivity (Wildman–Crippen MR) is 106 cm³/mol. The number of carbonyl (C=O) groups excluding carboxylic acids is 1. The van der Waals surface area contributed by atoms with Crippen LogP contribution in [-0.4, -0.2) is 33.7 Å². The molecule has 1 aromatic heterocycles. The lowest BCUT2D eigenvalue weighted by Gasteiger charge is -2.21. The van der Waals surface area contributed by atoms with Gasteiger partial charge in [-0.1, -0.05) is 53.5 Å². The van der Waals surface area contributed by atoms with Crippen LogP contribution in [0.4, 0.5) is 0 Å². The predicted octanol–water partition coefficient (Wildman–Crippen LogP) is 4.55. The molecular weight excluding hydrogens is 405 g/mol. The molecule has 3 rings (SSSR count). The van der Waals surface area contributed by atoms with Crippen molar-refractivity contribution in [1.29, 1.82) is 0 Å². The van der Waals surface area contributed by atoms with Crippen LogP contribution in [0, 0.1) is 0 Å². The van der Waals surface area contributed by atoms with E-state index in [9.17, 15) is 19.8 Å². The number of nitrogens with one attached hydrogen (secondary N) is 1. The maximum absolute atomic E-state index is 12.5. The zero-order valence-corrected chi connectivity index (χ0v) is 16.3. The van der Waals surface area contributed by atoms with Crippen molar-refractivity contribution in [1.82, 2.24) is 4.98 Å². The van der Waals surface area contributed by atoms with Crippen LogP contribution in [-0.2, 0) is 9.53 Å². The number of hydrogen-bond acceptors (Lipinski definition) is 4. The van der Waals surface area contributed by atoms with Gasteiger partial charge < -0.3 is 19.9 Å². The van der Waals surface area contributed by atoms with E-state index in [1.807, 2.05) is 0 Å². The van der Waals surface area contributed by atoms with E-state index in [0.717, 1.165) is 0 Å². The number of ether oxygens (including phenoxy) is 1. The fourth-order valence-corrected chi connectivity index (χ4v) is 3.82. The highest BCUT2D eigenvalue weighted by atomic mass is 35.5. The van der Waals surface area contributed by atoms with Crippen LogP contribution >= 0.6 is 23.2 Å². The van der Waals surface area contributed by atoms with Gasteiger partial charge in [0.25, 0.3) is 0 Å². The number of aliphatic hydroxyl groups is 1. The van der Waals surface area contributed by atoms with Gasteiger partial charge in [0.15, 0.2) is 0 Å². The molecule has 1 heterocycles. The number of aromatic nitrogens is 1. The van der Waals surface area contributed by atoms with Gasteiger partial charge in [0.2, 0.25) is 0 Å². The highest BCUT2D eigenvalue weighted by Crippen LogP contribution is 2.41. The third-order valence-electron chi connectivity index (χ3n) is 4.37. The maximum atomic E-state index is 12.5. The summed E-state index contributed by atoms with van der Waals surface area (Å²) < 4.78 is 5.06. The fraction of sp³-hybridized carbons (Fsp3) is 0.200. The summed E-state index contributed by atoms with van der Waals surface area (Å²) in [5.74, 6) is -3.29. The van der Waals surface area contributed by atoms with E-state index in [1.54, 1.807) is 43.3 Å². The molecule has 0 saturated carbocycles. The number of aliphatic carboxylic acids is 1. The average molecular weight is 422 g/mol. The molecule has 0 spiro atoms. The molecule has 146 valence electrons. The third-order valence-corrected chi connectivity index (χ3v) is 4.89.